The summed E-state index contributed by atoms with van der Waals surface area (Å²) >= 11 is 2.00. The molecule has 0 bridgehead atoms. The van der Waals surface area contributed by atoms with Gasteiger partial charge < -0.3 is 5.32 Å². The summed E-state index contributed by atoms with van der Waals surface area (Å²) in [5.74, 6) is 1.24. The molecule has 1 aliphatic rings. The highest BCUT2D eigenvalue weighted by Gasteiger charge is 2.23. The Balaban J connectivity index is 2.04. The SMILES string of the molecule is CC(NC1CCCSC1C)c1cccc([N+](=O)[O-])c1. The summed E-state index contributed by atoms with van der Waals surface area (Å²) in [6, 6.07) is 7.54. The molecule has 1 aromatic rings. The predicted molar refractivity (Wildman–Crippen MR) is 79.6 cm³/mol. The Kier molecular flexibility index (Phi) is 4.82. The van der Waals surface area contributed by atoms with Crippen LogP contribution >= 0.6 is 11.8 Å². The number of thioether (sulfide) groups is 1. The van der Waals surface area contributed by atoms with E-state index in [1.807, 2.05) is 17.8 Å². The highest BCUT2D eigenvalue weighted by Crippen LogP contribution is 2.27. The van der Waals surface area contributed by atoms with Crippen LogP contribution in [0.4, 0.5) is 5.69 Å². The number of hydrogen-bond acceptors (Lipinski definition) is 4. The lowest BCUT2D eigenvalue weighted by Crippen LogP contribution is -2.40. The van der Waals surface area contributed by atoms with Crippen molar-refractivity contribution in [1.29, 1.82) is 0 Å². The van der Waals surface area contributed by atoms with E-state index in [1.54, 1.807) is 12.1 Å². The second kappa shape index (κ2) is 6.39. The lowest BCUT2D eigenvalue weighted by molar-refractivity contribution is -0.384. The van der Waals surface area contributed by atoms with E-state index in [4.69, 9.17) is 0 Å². The van der Waals surface area contributed by atoms with E-state index in [-0.39, 0.29) is 16.7 Å². The molecule has 104 valence electrons. The Hall–Kier alpha value is -1.07. The molecule has 0 radical (unpaired) electrons. The van der Waals surface area contributed by atoms with Crippen molar-refractivity contribution >= 4 is 17.4 Å². The molecular formula is C14H20N2O2S. The smallest absolute Gasteiger partial charge is 0.269 e. The predicted octanol–water partition coefficient (Wildman–Crippen LogP) is 3.53. The van der Waals surface area contributed by atoms with Gasteiger partial charge in [-0.25, -0.2) is 0 Å². The second-order valence-electron chi connectivity index (χ2n) is 5.07. The molecule has 1 aromatic carbocycles. The van der Waals surface area contributed by atoms with Gasteiger partial charge in [-0.2, -0.15) is 11.8 Å². The minimum atomic E-state index is -0.338. The first-order valence-electron chi connectivity index (χ1n) is 6.70. The lowest BCUT2D eigenvalue weighted by atomic mass is 10.0. The van der Waals surface area contributed by atoms with Crippen molar-refractivity contribution in [2.24, 2.45) is 0 Å². The number of benzene rings is 1. The molecule has 0 spiro atoms. The molecule has 1 fully saturated rings. The average molecular weight is 280 g/mol. The Labute approximate surface area is 118 Å². The molecule has 3 unspecified atom stereocenters. The number of nitro groups is 1. The van der Waals surface area contributed by atoms with Crippen molar-refractivity contribution in [3.63, 3.8) is 0 Å². The van der Waals surface area contributed by atoms with Gasteiger partial charge in [0.1, 0.15) is 0 Å². The largest absolute Gasteiger partial charge is 0.306 e. The number of nitrogens with one attached hydrogen (secondary N) is 1. The van der Waals surface area contributed by atoms with Crippen LogP contribution in [0.5, 0.6) is 0 Å². The second-order valence-corrected chi connectivity index (χ2v) is 6.55. The first kappa shape index (κ1) is 14.3. The molecule has 0 amide bonds. The van der Waals surface area contributed by atoms with Crippen LogP contribution in [-0.2, 0) is 0 Å². The molecular weight excluding hydrogens is 260 g/mol. The van der Waals surface area contributed by atoms with Crippen molar-refractivity contribution in [2.75, 3.05) is 5.75 Å². The van der Waals surface area contributed by atoms with Gasteiger partial charge in [-0.15, -0.1) is 0 Å². The van der Waals surface area contributed by atoms with E-state index in [0.717, 1.165) is 5.56 Å². The van der Waals surface area contributed by atoms with Gasteiger partial charge in [0.25, 0.3) is 5.69 Å². The van der Waals surface area contributed by atoms with Gasteiger partial charge in [0, 0.05) is 29.5 Å². The summed E-state index contributed by atoms with van der Waals surface area (Å²) in [5.41, 5.74) is 1.15. The average Bonchev–Trinajstić information content (AvgIpc) is 2.41. The maximum absolute atomic E-state index is 10.8. The standard InChI is InChI=1S/C14H20N2O2S/c1-10(15-14-7-4-8-19-11(14)2)12-5-3-6-13(9-12)16(17)18/h3,5-6,9-11,14-15H,4,7-8H2,1-2H3. The van der Waals surface area contributed by atoms with E-state index in [0.29, 0.717) is 11.3 Å². The fourth-order valence-electron chi connectivity index (χ4n) is 2.47. The van der Waals surface area contributed by atoms with E-state index < -0.39 is 0 Å². The first-order valence-corrected chi connectivity index (χ1v) is 7.75. The fraction of sp³-hybridized carbons (Fsp3) is 0.571. The summed E-state index contributed by atoms with van der Waals surface area (Å²) in [6.45, 7) is 4.33. The monoisotopic (exact) mass is 280 g/mol. The van der Waals surface area contributed by atoms with Gasteiger partial charge in [0.05, 0.1) is 4.92 Å². The third-order valence-electron chi connectivity index (χ3n) is 3.65. The minimum absolute atomic E-state index is 0.144. The Morgan fingerprint density at radius 2 is 2.32 bits per heavy atom. The molecule has 19 heavy (non-hydrogen) atoms. The van der Waals surface area contributed by atoms with Crippen LogP contribution in [0.25, 0.3) is 0 Å². The number of hydrogen-bond donors (Lipinski definition) is 1. The molecule has 4 nitrogen and oxygen atoms in total. The van der Waals surface area contributed by atoms with Crippen molar-refractivity contribution < 1.29 is 4.92 Å². The van der Waals surface area contributed by atoms with Crippen LogP contribution in [-0.4, -0.2) is 22.0 Å². The van der Waals surface area contributed by atoms with Gasteiger partial charge in [-0.05, 0) is 31.1 Å². The van der Waals surface area contributed by atoms with Crippen LogP contribution in [0.2, 0.25) is 0 Å². The minimum Gasteiger partial charge on any atom is -0.306 e. The molecule has 3 atom stereocenters. The van der Waals surface area contributed by atoms with Crippen molar-refractivity contribution in [2.45, 2.75) is 44.0 Å². The molecule has 1 heterocycles. The highest BCUT2D eigenvalue weighted by atomic mass is 32.2. The molecule has 0 saturated carbocycles. The van der Waals surface area contributed by atoms with Crippen LogP contribution in [0.1, 0.15) is 38.3 Å². The number of nitro benzene ring substituents is 1. The first-order chi connectivity index (χ1) is 9.08. The van der Waals surface area contributed by atoms with E-state index in [1.165, 1.54) is 24.7 Å². The quantitative estimate of drug-likeness (QED) is 0.677. The topological polar surface area (TPSA) is 55.2 Å². The van der Waals surface area contributed by atoms with Crippen molar-refractivity contribution in [1.82, 2.24) is 5.32 Å². The van der Waals surface area contributed by atoms with E-state index in [9.17, 15) is 10.1 Å². The molecule has 0 aromatic heterocycles. The lowest BCUT2D eigenvalue weighted by Gasteiger charge is -2.32. The summed E-state index contributed by atoms with van der Waals surface area (Å²) in [5, 5.41) is 15.0. The zero-order valence-electron chi connectivity index (χ0n) is 11.3. The summed E-state index contributed by atoms with van der Waals surface area (Å²) in [7, 11) is 0. The van der Waals surface area contributed by atoms with Crippen LogP contribution in [0.15, 0.2) is 24.3 Å². The number of non-ortho nitro benzene ring substituents is 1. The number of rotatable bonds is 4. The highest BCUT2D eigenvalue weighted by molar-refractivity contribution is 7.99. The zero-order chi connectivity index (χ0) is 13.8. The summed E-state index contributed by atoms with van der Waals surface area (Å²) in [6.07, 6.45) is 2.43. The maximum atomic E-state index is 10.8. The molecule has 1 saturated heterocycles. The van der Waals surface area contributed by atoms with E-state index >= 15 is 0 Å². The van der Waals surface area contributed by atoms with E-state index in [2.05, 4.69) is 19.2 Å². The van der Waals surface area contributed by atoms with Crippen LogP contribution in [0.3, 0.4) is 0 Å². The zero-order valence-corrected chi connectivity index (χ0v) is 12.2. The van der Waals surface area contributed by atoms with Crippen LogP contribution < -0.4 is 5.32 Å². The Morgan fingerprint density at radius 3 is 3.00 bits per heavy atom. The van der Waals surface area contributed by atoms with Gasteiger partial charge in [-0.3, -0.25) is 10.1 Å². The fourth-order valence-corrected chi connectivity index (χ4v) is 3.62. The third kappa shape index (κ3) is 3.70. The van der Waals surface area contributed by atoms with Gasteiger partial charge in [0.15, 0.2) is 0 Å². The third-order valence-corrected chi connectivity index (χ3v) is 5.03. The number of nitrogens with zero attached hydrogens (tertiary/aromatic N) is 1. The molecule has 5 heteroatoms. The Bertz CT molecular complexity index is 453. The molecule has 0 aliphatic carbocycles. The maximum Gasteiger partial charge on any atom is 0.269 e. The summed E-state index contributed by atoms with van der Waals surface area (Å²) in [4.78, 5) is 10.5. The molecule has 1 N–H and O–H groups in total. The van der Waals surface area contributed by atoms with Gasteiger partial charge in [-0.1, -0.05) is 19.1 Å². The summed E-state index contributed by atoms with van der Waals surface area (Å²) < 4.78 is 0. The molecule has 2 rings (SSSR count). The van der Waals surface area contributed by atoms with Gasteiger partial charge in [0.2, 0.25) is 0 Å². The normalized spacial score (nSPS) is 24.9. The van der Waals surface area contributed by atoms with Crippen LogP contribution in [0, 0.1) is 10.1 Å². The van der Waals surface area contributed by atoms with Gasteiger partial charge >= 0.3 is 0 Å². The molecule has 1 aliphatic heterocycles. The Morgan fingerprint density at radius 1 is 1.53 bits per heavy atom. The van der Waals surface area contributed by atoms with Crippen molar-refractivity contribution in [3.8, 4) is 0 Å². The van der Waals surface area contributed by atoms with Crippen molar-refractivity contribution in [3.05, 3.63) is 39.9 Å².